The van der Waals surface area contributed by atoms with Gasteiger partial charge in [-0.3, -0.25) is 0 Å². The molecule has 0 amide bonds. The zero-order chi connectivity index (χ0) is 23.2. The maximum absolute atomic E-state index is 11.2. The molecule has 0 saturated heterocycles. The SMILES string of the molecule is COC(C(=O)O)c1ccc(OCCCOc2ccc(Cl)cc2-n2nc3ccccc3n2)cc1. The summed E-state index contributed by atoms with van der Waals surface area (Å²) < 4.78 is 16.7. The van der Waals surface area contributed by atoms with Crippen molar-refractivity contribution >= 4 is 28.6 Å². The second-order valence-electron chi connectivity index (χ2n) is 7.16. The van der Waals surface area contributed by atoms with Gasteiger partial charge in [-0.05, 0) is 48.0 Å². The van der Waals surface area contributed by atoms with E-state index in [0.717, 1.165) is 11.0 Å². The molecule has 0 aliphatic rings. The molecule has 0 aliphatic heterocycles. The van der Waals surface area contributed by atoms with Crippen molar-refractivity contribution in [3.63, 3.8) is 0 Å². The van der Waals surface area contributed by atoms with Gasteiger partial charge in [0.05, 0.1) is 13.2 Å². The first-order chi connectivity index (χ1) is 16.0. The number of hydrogen-bond donors (Lipinski definition) is 1. The number of ether oxygens (including phenoxy) is 3. The van der Waals surface area contributed by atoms with Crippen molar-refractivity contribution in [2.24, 2.45) is 0 Å². The highest BCUT2D eigenvalue weighted by Gasteiger charge is 2.18. The number of methoxy groups -OCH3 is 1. The summed E-state index contributed by atoms with van der Waals surface area (Å²) in [4.78, 5) is 12.7. The molecule has 1 atom stereocenters. The fourth-order valence-electron chi connectivity index (χ4n) is 3.29. The molecule has 8 nitrogen and oxygen atoms in total. The van der Waals surface area contributed by atoms with Crippen molar-refractivity contribution < 1.29 is 24.1 Å². The number of aromatic nitrogens is 3. The lowest BCUT2D eigenvalue weighted by Gasteiger charge is -2.13. The highest BCUT2D eigenvalue weighted by Crippen LogP contribution is 2.27. The summed E-state index contributed by atoms with van der Waals surface area (Å²) in [6, 6.07) is 19.7. The number of hydrogen-bond acceptors (Lipinski definition) is 6. The molecule has 4 aromatic rings. The van der Waals surface area contributed by atoms with Crippen LogP contribution in [-0.4, -0.2) is 46.4 Å². The molecule has 1 unspecified atom stereocenters. The summed E-state index contributed by atoms with van der Waals surface area (Å²) in [5, 5.41) is 18.7. The predicted octanol–water partition coefficient (Wildman–Crippen LogP) is 4.69. The van der Waals surface area contributed by atoms with Crippen LogP contribution in [0.1, 0.15) is 18.1 Å². The number of halogens is 1. The quantitative estimate of drug-likeness (QED) is 0.338. The smallest absolute Gasteiger partial charge is 0.337 e. The number of carboxylic acids is 1. The van der Waals surface area contributed by atoms with E-state index in [1.165, 1.54) is 11.9 Å². The number of carbonyl (C=O) groups is 1. The Bertz CT molecular complexity index is 1210. The Morgan fingerprint density at radius 3 is 2.30 bits per heavy atom. The summed E-state index contributed by atoms with van der Waals surface area (Å²) >= 11 is 6.19. The Hall–Kier alpha value is -3.62. The Labute approximate surface area is 195 Å². The molecule has 0 aliphatic carbocycles. The first-order valence-electron chi connectivity index (χ1n) is 10.3. The van der Waals surface area contributed by atoms with Gasteiger partial charge in [-0.1, -0.05) is 35.9 Å². The van der Waals surface area contributed by atoms with Crippen LogP contribution in [0.15, 0.2) is 66.7 Å². The minimum absolute atomic E-state index is 0.415. The van der Waals surface area contributed by atoms with E-state index < -0.39 is 12.1 Å². The van der Waals surface area contributed by atoms with E-state index >= 15 is 0 Å². The van der Waals surface area contributed by atoms with Crippen LogP contribution in [0.5, 0.6) is 11.5 Å². The minimum Gasteiger partial charge on any atom is -0.493 e. The topological polar surface area (TPSA) is 95.7 Å². The first-order valence-corrected chi connectivity index (χ1v) is 10.7. The average molecular weight is 468 g/mol. The van der Waals surface area contributed by atoms with Gasteiger partial charge < -0.3 is 19.3 Å². The van der Waals surface area contributed by atoms with Gasteiger partial charge in [0.2, 0.25) is 0 Å². The molecule has 9 heteroatoms. The standard InChI is InChI=1S/C24H22ClN3O5/c1-31-23(24(29)30)16-7-10-18(11-8-16)32-13-4-14-33-22-12-9-17(25)15-21(22)28-26-19-5-2-3-6-20(19)27-28/h2-3,5-12,15,23H,4,13-14H2,1H3,(H,29,30). The van der Waals surface area contributed by atoms with E-state index in [1.54, 1.807) is 42.5 Å². The lowest BCUT2D eigenvalue weighted by molar-refractivity contribution is -0.148. The molecule has 0 radical (unpaired) electrons. The van der Waals surface area contributed by atoms with Gasteiger partial charge in [-0.2, -0.15) is 0 Å². The van der Waals surface area contributed by atoms with Gasteiger partial charge in [0, 0.05) is 18.6 Å². The number of aliphatic carboxylic acids is 1. The van der Waals surface area contributed by atoms with Crippen molar-refractivity contribution in [3.8, 4) is 17.2 Å². The normalized spacial score (nSPS) is 11.9. The van der Waals surface area contributed by atoms with Crippen LogP contribution in [0.4, 0.5) is 0 Å². The lowest BCUT2D eigenvalue weighted by atomic mass is 10.1. The minimum atomic E-state index is -1.04. The van der Waals surface area contributed by atoms with E-state index in [-0.39, 0.29) is 0 Å². The monoisotopic (exact) mass is 467 g/mol. The van der Waals surface area contributed by atoms with E-state index in [0.29, 0.717) is 47.4 Å². The molecular formula is C24H22ClN3O5. The molecule has 4 rings (SSSR count). The largest absolute Gasteiger partial charge is 0.493 e. The third kappa shape index (κ3) is 5.42. The molecule has 1 N–H and O–H groups in total. The van der Waals surface area contributed by atoms with Crippen molar-refractivity contribution in [2.45, 2.75) is 12.5 Å². The first kappa shape index (κ1) is 22.6. The molecule has 0 spiro atoms. The Kier molecular flexibility index (Phi) is 7.07. The van der Waals surface area contributed by atoms with Crippen LogP contribution >= 0.6 is 11.6 Å². The average Bonchev–Trinajstić information content (AvgIpc) is 3.25. The number of rotatable bonds is 10. The third-order valence-electron chi connectivity index (χ3n) is 4.88. The second-order valence-corrected chi connectivity index (χ2v) is 7.60. The Morgan fingerprint density at radius 1 is 1.00 bits per heavy atom. The fourth-order valence-corrected chi connectivity index (χ4v) is 3.45. The predicted molar refractivity (Wildman–Crippen MR) is 123 cm³/mol. The van der Waals surface area contributed by atoms with E-state index in [9.17, 15) is 4.79 Å². The lowest BCUT2D eigenvalue weighted by Crippen LogP contribution is -2.13. The van der Waals surface area contributed by atoms with Gasteiger partial charge in [0.25, 0.3) is 0 Å². The van der Waals surface area contributed by atoms with Crippen LogP contribution in [0.3, 0.4) is 0 Å². The summed E-state index contributed by atoms with van der Waals surface area (Å²) in [5.41, 5.74) is 2.77. The van der Waals surface area contributed by atoms with E-state index in [4.69, 9.17) is 30.9 Å². The molecule has 3 aromatic carbocycles. The maximum atomic E-state index is 11.2. The van der Waals surface area contributed by atoms with Gasteiger partial charge in [-0.15, -0.1) is 15.0 Å². The molecule has 0 fully saturated rings. The number of nitrogens with zero attached hydrogens (tertiary/aromatic N) is 3. The maximum Gasteiger partial charge on any atom is 0.337 e. The Morgan fingerprint density at radius 2 is 1.67 bits per heavy atom. The molecule has 1 heterocycles. The zero-order valence-electron chi connectivity index (χ0n) is 17.8. The number of fused-ring (bicyclic) bond motifs is 1. The van der Waals surface area contributed by atoms with Gasteiger partial charge in [0.15, 0.2) is 6.10 Å². The fraction of sp³-hybridized carbons (Fsp3) is 0.208. The van der Waals surface area contributed by atoms with Crippen LogP contribution in [0.2, 0.25) is 5.02 Å². The van der Waals surface area contributed by atoms with Crippen LogP contribution in [-0.2, 0) is 9.53 Å². The van der Waals surface area contributed by atoms with Crippen LogP contribution in [0, 0.1) is 0 Å². The number of benzene rings is 3. The molecule has 33 heavy (non-hydrogen) atoms. The van der Waals surface area contributed by atoms with Gasteiger partial charge in [-0.25, -0.2) is 4.79 Å². The Balaban J connectivity index is 1.33. The second kappa shape index (κ2) is 10.3. The number of carboxylic acid groups (broad SMARTS) is 1. The van der Waals surface area contributed by atoms with Crippen LogP contribution in [0.25, 0.3) is 16.7 Å². The van der Waals surface area contributed by atoms with Crippen molar-refractivity contribution in [1.82, 2.24) is 15.0 Å². The summed E-state index contributed by atoms with van der Waals surface area (Å²) in [6.07, 6.45) is -0.364. The third-order valence-corrected chi connectivity index (χ3v) is 5.12. The van der Waals surface area contributed by atoms with Gasteiger partial charge in [0.1, 0.15) is 28.2 Å². The summed E-state index contributed by atoms with van der Waals surface area (Å²) in [6.45, 7) is 0.844. The highest BCUT2D eigenvalue weighted by molar-refractivity contribution is 6.30. The van der Waals surface area contributed by atoms with Crippen molar-refractivity contribution in [3.05, 3.63) is 77.3 Å². The molecule has 170 valence electrons. The van der Waals surface area contributed by atoms with Crippen molar-refractivity contribution in [1.29, 1.82) is 0 Å². The summed E-state index contributed by atoms with van der Waals surface area (Å²) in [5.74, 6) is 0.213. The molecule has 0 bridgehead atoms. The molecular weight excluding hydrogens is 446 g/mol. The van der Waals surface area contributed by atoms with E-state index in [2.05, 4.69) is 10.2 Å². The zero-order valence-corrected chi connectivity index (χ0v) is 18.6. The highest BCUT2D eigenvalue weighted by atomic mass is 35.5. The van der Waals surface area contributed by atoms with Gasteiger partial charge >= 0.3 is 5.97 Å². The van der Waals surface area contributed by atoms with E-state index in [1.807, 2.05) is 24.3 Å². The molecule has 0 saturated carbocycles. The summed E-state index contributed by atoms with van der Waals surface area (Å²) in [7, 11) is 1.36. The van der Waals surface area contributed by atoms with Crippen molar-refractivity contribution in [2.75, 3.05) is 20.3 Å². The molecule has 1 aromatic heterocycles. The van der Waals surface area contributed by atoms with Crippen LogP contribution < -0.4 is 9.47 Å².